The number of hydrogen-bond acceptors (Lipinski definition) is 7. The Hall–Kier alpha value is 0.500. The molecule has 7 heteroatoms. The smallest absolute Gasteiger partial charge is 0.0944 e. The summed E-state index contributed by atoms with van der Waals surface area (Å²) in [5.41, 5.74) is 0. The van der Waals surface area contributed by atoms with Crippen molar-refractivity contribution in [2.24, 2.45) is 0 Å². The minimum atomic E-state index is 0.0544. The molecular weight excluding hydrogens is 276 g/mol. The molecule has 0 bridgehead atoms. The van der Waals surface area contributed by atoms with Gasteiger partial charge in [-0.25, -0.2) is 0 Å². The van der Waals surface area contributed by atoms with Crippen LogP contribution in [-0.2, 0) is 18.9 Å². The van der Waals surface area contributed by atoms with Gasteiger partial charge < -0.3 is 24.1 Å². The van der Waals surface area contributed by atoms with Crippen molar-refractivity contribution in [2.75, 3.05) is 58.3 Å². The summed E-state index contributed by atoms with van der Waals surface area (Å²) in [6.07, 6.45) is 0.347. The predicted molar refractivity (Wildman–Crippen MR) is 74.2 cm³/mol. The lowest BCUT2D eigenvalue weighted by Crippen LogP contribution is -2.37. The molecule has 0 aromatic carbocycles. The minimum Gasteiger partial charge on any atom is -0.394 e. The van der Waals surface area contributed by atoms with Crippen LogP contribution < -0.4 is 0 Å². The lowest BCUT2D eigenvalue weighted by atomic mass is 10.2. The first kappa shape index (κ1) is 16.6. The van der Waals surface area contributed by atoms with Crippen molar-refractivity contribution in [1.82, 2.24) is 0 Å². The molecule has 0 saturated carbocycles. The van der Waals surface area contributed by atoms with E-state index in [2.05, 4.69) is 0 Å². The first-order chi connectivity index (χ1) is 8.88. The van der Waals surface area contributed by atoms with Gasteiger partial charge in [0.25, 0.3) is 0 Å². The lowest BCUT2D eigenvalue weighted by molar-refractivity contribution is -0.0562. The zero-order chi connectivity index (χ0) is 13.1. The van der Waals surface area contributed by atoms with E-state index in [1.807, 2.05) is 21.6 Å². The van der Waals surface area contributed by atoms with E-state index in [1.54, 1.807) is 7.11 Å². The topological polar surface area (TPSA) is 57.2 Å². The summed E-state index contributed by atoms with van der Waals surface area (Å²) in [6.45, 7) is 2.61. The quantitative estimate of drug-likeness (QED) is 0.473. The first-order valence-electron chi connectivity index (χ1n) is 6.03. The average molecular weight is 298 g/mol. The van der Waals surface area contributed by atoms with Crippen LogP contribution in [0.1, 0.15) is 0 Å². The van der Waals surface area contributed by atoms with E-state index in [0.29, 0.717) is 33.0 Å². The van der Waals surface area contributed by atoms with Crippen molar-refractivity contribution < 1.29 is 24.1 Å². The number of aliphatic hydroxyl groups is 1. The SMILES string of the molecule is CO[C@@H]1CSSC[C@H]1OCCOCCOCCO. The molecule has 0 radical (unpaired) electrons. The summed E-state index contributed by atoms with van der Waals surface area (Å²) in [5, 5.41) is 8.50. The summed E-state index contributed by atoms with van der Waals surface area (Å²) >= 11 is 0. The molecule has 0 unspecified atom stereocenters. The summed E-state index contributed by atoms with van der Waals surface area (Å²) in [7, 11) is 5.39. The van der Waals surface area contributed by atoms with Gasteiger partial charge in [0.1, 0.15) is 0 Å². The highest BCUT2D eigenvalue weighted by molar-refractivity contribution is 8.76. The second-order valence-electron chi connectivity index (χ2n) is 3.70. The molecule has 1 fully saturated rings. The molecule has 0 aromatic rings. The number of aliphatic hydroxyl groups excluding tert-OH is 1. The van der Waals surface area contributed by atoms with Crippen LogP contribution in [0.3, 0.4) is 0 Å². The monoisotopic (exact) mass is 298 g/mol. The van der Waals surface area contributed by atoms with E-state index in [1.165, 1.54) is 0 Å². The van der Waals surface area contributed by atoms with E-state index in [-0.39, 0.29) is 18.8 Å². The lowest BCUT2D eigenvalue weighted by Gasteiger charge is -2.29. The molecule has 0 spiro atoms. The Bertz CT molecular complexity index is 196. The molecule has 1 rings (SSSR count). The van der Waals surface area contributed by atoms with Gasteiger partial charge in [0.05, 0.1) is 51.8 Å². The Morgan fingerprint density at radius 3 is 2.22 bits per heavy atom. The summed E-state index contributed by atoms with van der Waals surface area (Å²) in [5.74, 6) is 1.93. The van der Waals surface area contributed by atoms with E-state index in [9.17, 15) is 0 Å². The number of rotatable bonds is 10. The van der Waals surface area contributed by atoms with Crippen molar-refractivity contribution in [3.63, 3.8) is 0 Å². The highest BCUT2D eigenvalue weighted by atomic mass is 33.1. The van der Waals surface area contributed by atoms with E-state index < -0.39 is 0 Å². The largest absolute Gasteiger partial charge is 0.394 e. The maximum Gasteiger partial charge on any atom is 0.0944 e. The number of ether oxygens (including phenoxy) is 4. The second kappa shape index (κ2) is 11.3. The van der Waals surface area contributed by atoms with Crippen LogP contribution in [0.25, 0.3) is 0 Å². The van der Waals surface area contributed by atoms with Crippen molar-refractivity contribution in [3.05, 3.63) is 0 Å². The molecular formula is C11H22O5S2. The van der Waals surface area contributed by atoms with Crippen molar-refractivity contribution in [2.45, 2.75) is 12.2 Å². The van der Waals surface area contributed by atoms with Gasteiger partial charge in [0, 0.05) is 18.6 Å². The van der Waals surface area contributed by atoms with Crippen LogP contribution in [0.5, 0.6) is 0 Å². The highest BCUT2D eigenvalue weighted by Gasteiger charge is 2.26. The van der Waals surface area contributed by atoms with Gasteiger partial charge in [-0.05, 0) is 0 Å². The summed E-state index contributed by atoms with van der Waals surface area (Å²) in [6, 6.07) is 0. The summed E-state index contributed by atoms with van der Waals surface area (Å²) in [4.78, 5) is 0. The third-order valence-electron chi connectivity index (χ3n) is 2.43. The Balaban J connectivity index is 1.93. The van der Waals surface area contributed by atoms with Gasteiger partial charge in [-0.3, -0.25) is 0 Å². The van der Waals surface area contributed by atoms with Crippen LogP contribution in [0.4, 0.5) is 0 Å². The Labute approximate surface area is 116 Å². The molecule has 2 atom stereocenters. The predicted octanol–water partition coefficient (Wildman–Crippen LogP) is 0.807. The van der Waals surface area contributed by atoms with Crippen LogP contribution >= 0.6 is 21.6 Å². The molecule has 0 aliphatic carbocycles. The van der Waals surface area contributed by atoms with E-state index in [4.69, 9.17) is 24.1 Å². The van der Waals surface area contributed by atoms with Crippen LogP contribution in [0.15, 0.2) is 0 Å². The van der Waals surface area contributed by atoms with Gasteiger partial charge in [-0.2, -0.15) is 0 Å². The van der Waals surface area contributed by atoms with E-state index >= 15 is 0 Å². The normalized spacial score (nSPS) is 24.3. The van der Waals surface area contributed by atoms with Gasteiger partial charge in [0.15, 0.2) is 0 Å². The zero-order valence-corrected chi connectivity index (χ0v) is 12.3. The maximum atomic E-state index is 8.50. The van der Waals surface area contributed by atoms with Crippen LogP contribution in [-0.4, -0.2) is 75.6 Å². The van der Waals surface area contributed by atoms with Gasteiger partial charge >= 0.3 is 0 Å². The van der Waals surface area contributed by atoms with Gasteiger partial charge in [-0.15, -0.1) is 0 Å². The fourth-order valence-electron chi connectivity index (χ4n) is 1.47. The maximum absolute atomic E-state index is 8.50. The van der Waals surface area contributed by atoms with Crippen molar-refractivity contribution in [3.8, 4) is 0 Å². The first-order valence-corrected chi connectivity index (χ1v) is 8.52. The molecule has 1 saturated heterocycles. The number of hydrogen-bond donors (Lipinski definition) is 1. The van der Waals surface area contributed by atoms with Crippen molar-refractivity contribution >= 4 is 21.6 Å². The fraction of sp³-hybridized carbons (Fsp3) is 1.00. The average Bonchev–Trinajstić information content (AvgIpc) is 2.42. The van der Waals surface area contributed by atoms with Crippen LogP contribution in [0.2, 0.25) is 0 Å². The third-order valence-corrected chi connectivity index (χ3v) is 4.84. The van der Waals surface area contributed by atoms with Gasteiger partial charge in [-0.1, -0.05) is 21.6 Å². The molecule has 1 heterocycles. The Kier molecular flexibility index (Phi) is 10.4. The molecule has 1 N–H and O–H groups in total. The number of methoxy groups -OCH3 is 1. The highest BCUT2D eigenvalue weighted by Crippen LogP contribution is 2.32. The van der Waals surface area contributed by atoms with Gasteiger partial charge in [0.2, 0.25) is 0 Å². The third kappa shape index (κ3) is 7.18. The molecule has 0 amide bonds. The second-order valence-corrected chi connectivity index (χ2v) is 6.25. The Morgan fingerprint density at radius 2 is 1.56 bits per heavy atom. The molecule has 1 aliphatic heterocycles. The Morgan fingerprint density at radius 1 is 0.944 bits per heavy atom. The zero-order valence-electron chi connectivity index (χ0n) is 10.7. The molecule has 1 aliphatic rings. The van der Waals surface area contributed by atoms with E-state index in [0.717, 1.165) is 11.5 Å². The molecule has 5 nitrogen and oxygen atoms in total. The standard InChI is InChI=1S/C11H22O5S2/c1-13-10-8-17-18-9-11(10)16-7-6-15-5-4-14-3-2-12/h10-12H,2-9H2,1H3/t10-,11-/m1/s1. The fourth-order valence-corrected chi connectivity index (χ4v) is 3.97. The summed E-state index contributed by atoms with van der Waals surface area (Å²) < 4.78 is 21.6. The molecule has 0 aromatic heterocycles. The molecule has 18 heavy (non-hydrogen) atoms. The van der Waals surface area contributed by atoms with Crippen molar-refractivity contribution in [1.29, 1.82) is 0 Å². The van der Waals surface area contributed by atoms with Crippen LogP contribution in [0, 0.1) is 0 Å². The molecule has 108 valence electrons. The minimum absolute atomic E-state index is 0.0544.